The Kier molecular flexibility index (Phi) is 7.16. The van der Waals surface area contributed by atoms with Crippen molar-refractivity contribution in [2.45, 2.75) is 24.8 Å². The van der Waals surface area contributed by atoms with Gasteiger partial charge in [-0.05, 0) is 24.3 Å². The Morgan fingerprint density at radius 3 is 2.40 bits per heavy atom. The summed E-state index contributed by atoms with van der Waals surface area (Å²) in [6, 6.07) is 10.3. The molecule has 0 radical (unpaired) electrons. The molecule has 1 aliphatic heterocycles. The summed E-state index contributed by atoms with van der Waals surface area (Å²) in [5, 5.41) is 22.1. The fourth-order valence-electron chi connectivity index (χ4n) is 2.76. The molecule has 0 bridgehead atoms. The van der Waals surface area contributed by atoms with Crippen LogP contribution in [0, 0.1) is 17.5 Å². The smallest absolute Gasteiger partial charge is 0.228 e. The molecule has 1 saturated heterocycles. The third kappa shape index (κ3) is 5.22. The molecule has 0 saturated carbocycles. The number of rotatable bonds is 7. The van der Waals surface area contributed by atoms with E-state index in [2.05, 4.69) is 5.32 Å². The van der Waals surface area contributed by atoms with Gasteiger partial charge >= 0.3 is 0 Å². The van der Waals surface area contributed by atoms with Gasteiger partial charge in [0.15, 0.2) is 23.7 Å². The van der Waals surface area contributed by atoms with Gasteiger partial charge in [0.1, 0.15) is 18.0 Å². The molecule has 0 amide bonds. The molecule has 1 fully saturated rings. The minimum Gasteiger partial charge on any atom is -0.462 e. The third-order valence-electron chi connectivity index (χ3n) is 4.31. The molecule has 3 rings (SSSR count). The van der Waals surface area contributed by atoms with Crippen molar-refractivity contribution in [1.82, 2.24) is 5.32 Å². The monoisotopic (exact) mass is 426 g/mol. The second-order valence-electron chi connectivity index (χ2n) is 6.48. The number of hydrogen-bond donors (Lipinski definition) is 4. The lowest BCUT2D eigenvalue weighted by molar-refractivity contribution is -0.325. The normalized spacial score (nSPS) is 24.5. The number of aliphatic hydroxyl groups is 2. The topological polar surface area (TPSA) is 106 Å². The van der Waals surface area contributed by atoms with E-state index in [-0.39, 0.29) is 17.8 Å². The predicted octanol–water partition coefficient (Wildman–Crippen LogP) is 1.45. The van der Waals surface area contributed by atoms with Crippen LogP contribution in [0.3, 0.4) is 0 Å². The first-order chi connectivity index (χ1) is 14.4. The van der Waals surface area contributed by atoms with Gasteiger partial charge in [0.25, 0.3) is 0 Å². The highest BCUT2D eigenvalue weighted by atomic mass is 19.2. The molecular weight excluding hydrogens is 405 g/mol. The van der Waals surface area contributed by atoms with Gasteiger partial charge in [-0.15, -0.1) is 0 Å². The molecule has 0 spiro atoms. The maximum atomic E-state index is 13.4. The first-order valence-corrected chi connectivity index (χ1v) is 9.04. The fourth-order valence-corrected chi connectivity index (χ4v) is 2.76. The molecule has 5 N–H and O–H groups in total. The Hall–Kier alpha value is -2.79. The highest BCUT2D eigenvalue weighted by Crippen LogP contribution is 2.23. The molecule has 0 aromatic heterocycles. The molecule has 1 aliphatic rings. The molecule has 4 atom stereocenters. The van der Waals surface area contributed by atoms with Gasteiger partial charge in [-0.2, -0.15) is 0 Å². The lowest BCUT2D eigenvalue weighted by Gasteiger charge is -2.38. The van der Waals surface area contributed by atoms with Crippen LogP contribution in [0.4, 0.5) is 13.2 Å². The average molecular weight is 426 g/mol. The van der Waals surface area contributed by atoms with E-state index in [4.69, 9.17) is 19.9 Å². The van der Waals surface area contributed by atoms with Crippen LogP contribution in [0.1, 0.15) is 5.56 Å². The van der Waals surface area contributed by atoms with Crippen LogP contribution in [-0.4, -0.2) is 48.2 Å². The Morgan fingerprint density at radius 1 is 1.10 bits per heavy atom. The van der Waals surface area contributed by atoms with E-state index >= 15 is 0 Å². The third-order valence-corrected chi connectivity index (χ3v) is 4.31. The number of ether oxygens (including phenoxy) is 3. The van der Waals surface area contributed by atoms with Gasteiger partial charge in [-0.3, -0.25) is 0 Å². The summed E-state index contributed by atoms with van der Waals surface area (Å²) in [6.07, 6.45) is -2.94. The first-order valence-electron chi connectivity index (χ1n) is 9.04. The minimum absolute atomic E-state index is 0.0273. The average Bonchev–Trinajstić information content (AvgIpc) is 2.74. The van der Waals surface area contributed by atoms with Crippen molar-refractivity contribution in [1.29, 1.82) is 0 Å². The van der Waals surface area contributed by atoms with E-state index in [0.29, 0.717) is 5.75 Å². The molecule has 2 aromatic rings. The van der Waals surface area contributed by atoms with Crippen LogP contribution in [0.5, 0.6) is 5.75 Å². The summed E-state index contributed by atoms with van der Waals surface area (Å²) in [4.78, 5) is 0. The van der Waals surface area contributed by atoms with Crippen molar-refractivity contribution in [3.63, 3.8) is 0 Å². The number of halogens is 3. The van der Waals surface area contributed by atoms with Gasteiger partial charge in [-0.1, -0.05) is 18.2 Å². The molecule has 162 valence electrons. The Balaban J connectivity index is 1.68. The van der Waals surface area contributed by atoms with Crippen molar-refractivity contribution < 1.29 is 37.6 Å². The molecule has 2 aromatic carbocycles. The van der Waals surface area contributed by atoms with E-state index in [0.717, 1.165) is 12.1 Å². The zero-order valence-corrected chi connectivity index (χ0v) is 15.7. The Bertz CT molecular complexity index is 861. The van der Waals surface area contributed by atoms with Crippen molar-refractivity contribution in [3.05, 3.63) is 71.7 Å². The second-order valence-corrected chi connectivity index (χ2v) is 6.48. The van der Waals surface area contributed by atoms with Crippen LogP contribution in [0.15, 0.2) is 48.7 Å². The number of para-hydroxylation sites is 1. The van der Waals surface area contributed by atoms with Crippen molar-refractivity contribution in [2.75, 3.05) is 13.2 Å². The van der Waals surface area contributed by atoms with Crippen molar-refractivity contribution in [3.8, 4) is 5.75 Å². The molecule has 1 heterocycles. The SMILES string of the molecule is N/C(=C\NC[C@@H]1OC(O)C(CO)OC1Oc1ccccc1)c1cc(F)c(F)c(F)c1. The number of nitrogens with one attached hydrogen (secondary N) is 1. The van der Waals surface area contributed by atoms with Crippen LogP contribution < -0.4 is 15.8 Å². The zero-order valence-electron chi connectivity index (χ0n) is 15.7. The van der Waals surface area contributed by atoms with E-state index in [1.165, 1.54) is 6.20 Å². The highest BCUT2D eigenvalue weighted by Gasteiger charge is 2.39. The van der Waals surface area contributed by atoms with Crippen LogP contribution >= 0.6 is 0 Å². The van der Waals surface area contributed by atoms with Gasteiger partial charge < -0.3 is 35.5 Å². The second kappa shape index (κ2) is 9.81. The largest absolute Gasteiger partial charge is 0.462 e. The maximum absolute atomic E-state index is 13.4. The quantitative estimate of drug-likeness (QED) is 0.497. The highest BCUT2D eigenvalue weighted by molar-refractivity contribution is 5.62. The van der Waals surface area contributed by atoms with Crippen LogP contribution in [0.25, 0.3) is 5.70 Å². The van der Waals surface area contributed by atoms with E-state index in [1.807, 2.05) is 0 Å². The summed E-state index contributed by atoms with van der Waals surface area (Å²) in [5.41, 5.74) is 5.67. The molecule has 0 aliphatic carbocycles. The number of benzene rings is 2. The molecule has 3 unspecified atom stereocenters. The van der Waals surface area contributed by atoms with Crippen molar-refractivity contribution >= 4 is 5.70 Å². The fraction of sp³-hybridized carbons (Fsp3) is 0.300. The lowest BCUT2D eigenvalue weighted by atomic mass is 10.1. The molecule has 30 heavy (non-hydrogen) atoms. The summed E-state index contributed by atoms with van der Waals surface area (Å²) >= 11 is 0. The molecule has 7 nitrogen and oxygen atoms in total. The zero-order chi connectivity index (χ0) is 21.7. The number of hydrogen-bond acceptors (Lipinski definition) is 7. The number of aliphatic hydroxyl groups excluding tert-OH is 2. The van der Waals surface area contributed by atoms with Crippen LogP contribution in [-0.2, 0) is 9.47 Å². The maximum Gasteiger partial charge on any atom is 0.228 e. The summed E-state index contributed by atoms with van der Waals surface area (Å²) in [5.74, 6) is -3.82. The lowest BCUT2D eigenvalue weighted by Crippen LogP contribution is -2.55. The Morgan fingerprint density at radius 2 is 1.77 bits per heavy atom. The van der Waals surface area contributed by atoms with E-state index in [9.17, 15) is 23.4 Å². The van der Waals surface area contributed by atoms with Gasteiger partial charge in [0, 0.05) is 18.3 Å². The van der Waals surface area contributed by atoms with E-state index in [1.54, 1.807) is 30.3 Å². The summed E-state index contributed by atoms with van der Waals surface area (Å²) < 4.78 is 56.6. The minimum atomic E-state index is -1.58. The van der Waals surface area contributed by atoms with Gasteiger partial charge in [0.2, 0.25) is 6.29 Å². The van der Waals surface area contributed by atoms with E-state index < -0.39 is 48.8 Å². The van der Waals surface area contributed by atoms with Crippen molar-refractivity contribution in [2.24, 2.45) is 5.73 Å². The van der Waals surface area contributed by atoms with Gasteiger partial charge in [0.05, 0.1) is 12.3 Å². The van der Waals surface area contributed by atoms with Gasteiger partial charge in [-0.25, -0.2) is 13.2 Å². The summed E-state index contributed by atoms with van der Waals surface area (Å²) in [7, 11) is 0. The first kappa shape index (κ1) is 21.9. The predicted molar refractivity (Wildman–Crippen MR) is 100 cm³/mol. The number of nitrogens with two attached hydrogens (primary N) is 1. The molecule has 10 heteroatoms. The summed E-state index contributed by atoms with van der Waals surface area (Å²) in [6.45, 7) is -0.454. The standard InChI is InChI=1S/C20H21F3N2O5/c21-13-6-11(7-14(22)18(13)23)15(24)8-25-9-16-20(28-12-4-2-1-3-5-12)30-17(10-26)19(27)29-16/h1-8,16-17,19-20,25-27H,9-10,24H2/b15-8-/t16-,17?,19?,20?/m0/s1. The molecular formula is C20H21F3N2O5. The Labute approximate surface area is 170 Å². The van der Waals surface area contributed by atoms with Crippen LogP contribution in [0.2, 0.25) is 0 Å².